The highest BCUT2D eigenvalue weighted by atomic mass is 16.5. The van der Waals surface area contributed by atoms with E-state index in [-0.39, 0.29) is 12.1 Å². The highest BCUT2D eigenvalue weighted by Gasteiger charge is 2.15. The van der Waals surface area contributed by atoms with Crippen LogP contribution in [-0.2, 0) is 6.54 Å². The highest BCUT2D eigenvalue weighted by Crippen LogP contribution is 2.28. The molecule has 0 aliphatic carbocycles. The lowest BCUT2D eigenvalue weighted by atomic mass is 10.1. The van der Waals surface area contributed by atoms with Crippen LogP contribution in [0, 0.1) is 0 Å². The van der Waals surface area contributed by atoms with Crippen LogP contribution in [0.15, 0.2) is 18.2 Å². The van der Waals surface area contributed by atoms with Gasteiger partial charge in [-0.25, -0.2) is 0 Å². The first-order chi connectivity index (χ1) is 9.02. The molecule has 0 amide bonds. The van der Waals surface area contributed by atoms with Crippen LogP contribution in [0.1, 0.15) is 32.8 Å². The van der Waals surface area contributed by atoms with Crippen molar-refractivity contribution >= 4 is 0 Å². The third kappa shape index (κ3) is 5.09. The van der Waals surface area contributed by atoms with E-state index in [0.717, 1.165) is 23.5 Å². The summed E-state index contributed by atoms with van der Waals surface area (Å²) in [6.45, 7) is 7.46. The molecule has 0 bridgehead atoms. The van der Waals surface area contributed by atoms with E-state index in [1.54, 1.807) is 7.11 Å². The van der Waals surface area contributed by atoms with Gasteiger partial charge in [0.15, 0.2) is 11.5 Å². The second-order valence-corrected chi connectivity index (χ2v) is 5.23. The molecular weight excluding hydrogens is 242 g/mol. The van der Waals surface area contributed by atoms with Crippen LogP contribution in [-0.4, -0.2) is 31.0 Å². The Morgan fingerprint density at radius 2 is 2.00 bits per heavy atom. The van der Waals surface area contributed by atoms with Crippen molar-refractivity contribution in [1.29, 1.82) is 0 Å². The van der Waals surface area contributed by atoms with Crippen LogP contribution in [0.2, 0.25) is 0 Å². The standard InChI is InChI=1S/C15H25NO3/c1-5-8-19-13-7-6-12(9-14(13)18-4)10-16-15(2,3)11-17/h6-7,9,16-17H,5,8,10-11H2,1-4H3. The topological polar surface area (TPSA) is 50.7 Å². The van der Waals surface area contributed by atoms with Gasteiger partial charge in [0.05, 0.1) is 20.3 Å². The van der Waals surface area contributed by atoms with E-state index in [4.69, 9.17) is 9.47 Å². The smallest absolute Gasteiger partial charge is 0.161 e. The fraction of sp³-hybridized carbons (Fsp3) is 0.600. The second kappa shape index (κ2) is 7.36. The van der Waals surface area contributed by atoms with Crippen LogP contribution in [0.3, 0.4) is 0 Å². The van der Waals surface area contributed by atoms with Crippen LogP contribution < -0.4 is 14.8 Å². The Hall–Kier alpha value is -1.26. The van der Waals surface area contributed by atoms with Crippen molar-refractivity contribution in [3.05, 3.63) is 23.8 Å². The van der Waals surface area contributed by atoms with Crippen LogP contribution in [0.5, 0.6) is 11.5 Å². The maximum absolute atomic E-state index is 9.21. The number of ether oxygens (including phenoxy) is 2. The van der Waals surface area contributed by atoms with Gasteiger partial charge in [0.1, 0.15) is 0 Å². The number of nitrogens with one attached hydrogen (secondary N) is 1. The normalized spacial score (nSPS) is 11.4. The van der Waals surface area contributed by atoms with Crippen molar-refractivity contribution in [3.8, 4) is 11.5 Å². The van der Waals surface area contributed by atoms with Crippen molar-refractivity contribution in [2.24, 2.45) is 0 Å². The number of rotatable bonds is 8. The van der Waals surface area contributed by atoms with Crippen molar-refractivity contribution in [2.75, 3.05) is 20.3 Å². The molecule has 0 radical (unpaired) electrons. The SMILES string of the molecule is CCCOc1ccc(CNC(C)(C)CO)cc1OC. The zero-order valence-corrected chi connectivity index (χ0v) is 12.3. The zero-order chi connectivity index (χ0) is 14.3. The van der Waals surface area contributed by atoms with Crippen molar-refractivity contribution in [1.82, 2.24) is 5.32 Å². The maximum Gasteiger partial charge on any atom is 0.161 e. The molecule has 0 heterocycles. The van der Waals surface area contributed by atoms with Gasteiger partial charge in [-0.15, -0.1) is 0 Å². The first-order valence-corrected chi connectivity index (χ1v) is 6.68. The highest BCUT2D eigenvalue weighted by molar-refractivity contribution is 5.43. The molecule has 0 fully saturated rings. The summed E-state index contributed by atoms with van der Waals surface area (Å²) in [5.74, 6) is 1.52. The predicted octanol–water partition coefficient (Wildman–Crippen LogP) is 2.34. The number of aliphatic hydroxyl groups excluding tert-OH is 1. The fourth-order valence-electron chi connectivity index (χ4n) is 1.55. The molecule has 1 rings (SSSR count). The molecule has 4 nitrogen and oxygen atoms in total. The van der Waals surface area contributed by atoms with Gasteiger partial charge in [0.2, 0.25) is 0 Å². The largest absolute Gasteiger partial charge is 0.493 e. The molecular formula is C15H25NO3. The van der Waals surface area contributed by atoms with Crippen molar-refractivity contribution in [2.45, 2.75) is 39.3 Å². The molecule has 108 valence electrons. The predicted molar refractivity (Wildman–Crippen MR) is 76.8 cm³/mol. The van der Waals surface area contributed by atoms with E-state index in [0.29, 0.717) is 13.2 Å². The Kier molecular flexibility index (Phi) is 6.12. The van der Waals surface area contributed by atoms with Crippen molar-refractivity contribution < 1.29 is 14.6 Å². The number of hydrogen-bond acceptors (Lipinski definition) is 4. The average Bonchev–Trinajstić information content (AvgIpc) is 2.43. The minimum Gasteiger partial charge on any atom is -0.493 e. The lowest BCUT2D eigenvalue weighted by Crippen LogP contribution is -2.42. The summed E-state index contributed by atoms with van der Waals surface area (Å²) >= 11 is 0. The number of benzene rings is 1. The van der Waals surface area contributed by atoms with Crippen LogP contribution in [0.4, 0.5) is 0 Å². The Bertz CT molecular complexity index is 391. The van der Waals surface area contributed by atoms with Gasteiger partial charge in [0.25, 0.3) is 0 Å². The summed E-state index contributed by atoms with van der Waals surface area (Å²) < 4.78 is 11.0. The number of methoxy groups -OCH3 is 1. The molecule has 0 unspecified atom stereocenters. The minimum atomic E-state index is -0.287. The van der Waals surface area contributed by atoms with Crippen molar-refractivity contribution in [3.63, 3.8) is 0 Å². The Labute approximate surface area is 115 Å². The van der Waals surface area contributed by atoms with Gasteiger partial charge in [-0.3, -0.25) is 0 Å². The molecule has 0 saturated carbocycles. The van der Waals surface area contributed by atoms with Gasteiger partial charge >= 0.3 is 0 Å². The van der Waals surface area contributed by atoms with Gasteiger partial charge < -0.3 is 19.9 Å². The Balaban J connectivity index is 2.71. The van der Waals surface area contributed by atoms with Crippen LogP contribution >= 0.6 is 0 Å². The summed E-state index contributed by atoms with van der Waals surface area (Å²) in [5.41, 5.74) is 0.812. The van der Waals surface area contributed by atoms with Gasteiger partial charge in [0, 0.05) is 12.1 Å². The lowest BCUT2D eigenvalue weighted by Gasteiger charge is -2.23. The molecule has 4 heteroatoms. The number of aliphatic hydroxyl groups is 1. The molecule has 0 saturated heterocycles. The van der Waals surface area contributed by atoms with E-state index in [2.05, 4.69) is 12.2 Å². The number of hydrogen-bond donors (Lipinski definition) is 2. The molecule has 2 N–H and O–H groups in total. The molecule has 0 atom stereocenters. The summed E-state index contributed by atoms with van der Waals surface area (Å²) in [4.78, 5) is 0. The molecule has 0 aliphatic heterocycles. The van der Waals surface area contributed by atoms with E-state index in [1.807, 2.05) is 32.0 Å². The van der Waals surface area contributed by atoms with E-state index < -0.39 is 0 Å². The van der Waals surface area contributed by atoms with Gasteiger partial charge in [-0.1, -0.05) is 13.0 Å². The third-order valence-corrected chi connectivity index (χ3v) is 2.86. The first kappa shape index (κ1) is 15.8. The van der Waals surface area contributed by atoms with Gasteiger partial charge in [-0.05, 0) is 38.0 Å². The molecule has 0 aliphatic rings. The average molecular weight is 267 g/mol. The summed E-state index contributed by atoms with van der Waals surface area (Å²) in [6.07, 6.45) is 0.969. The fourth-order valence-corrected chi connectivity index (χ4v) is 1.55. The molecule has 19 heavy (non-hydrogen) atoms. The van der Waals surface area contributed by atoms with E-state index in [1.165, 1.54) is 0 Å². The first-order valence-electron chi connectivity index (χ1n) is 6.68. The summed E-state index contributed by atoms with van der Waals surface area (Å²) in [6, 6.07) is 5.90. The third-order valence-electron chi connectivity index (χ3n) is 2.86. The van der Waals surface area contributed by atoms with E-state index in [9.17, 15) is 5.11 Å². The molecule has 1 aromatic rings. The maximum atomic E-state index is 9.21. The Morgan fingerprint density at radius 3 is 2.58 bits per heavy atom. The van der Waals surface area contributed by atoms with E-state index >= 15 is 0 Å². The second-order valence-electron chi connectivity index (χ2n) is 5.23. The summed E-state index contributed by atoms with van der Waals surface area (Å²) in [7, 11) is 1.64. The Morgan fingerprint density at radius 1 is 1.26 bits per heavy atom. The van der Waals surface area contributed by atoms with Crippen LogP contribution in [0.25, 0.3) is 0 Å². The quantitative estimate of drug-likeness (QED) is 0.759. The zero-order valence-electron chi connectivity index (χ0n) is 12.3. The summed E-state index contributed by atoms with van der Waals surface area (Å²) in [5, 5.41) is 12.5. The molecule has 1 aromatic carbocycles. The molecule has 0 spiro atoms. The molecule has 0 aromatic heterocycles. The monoisotopic (exact) mass is 267 g/mol. The van der Waals surface area contributed by atoms with Gasteiger partial charge in [-0.2, -0.15) is 0 Å². The minimum absolute atomic E-state index is 0.0990. The lowest BCUT2D eigenvalue weighted by molar-refractivity contribution is 0.187.